The lowest BCUT2D eigenvalue weighted by atomic mass is 10.7. The van der Waals surface area contributed by atoms with Crippen molar-refractivity contribution in [1.29, 1.82) is 5.26 Å². The molecule has 38 valence electrons. The van der Waals surface area contributed by atoms with Crippen molar-refractivity contribution in [2.75, 3.05) is 6.26 Å². The Hall–Kier alpha value is -0.620. The molecule has 0 unspecified atom stereocenters. The summed E-state index contributed by atoms with van der Waals surface area (Å²) in [7, 11) is 0. The molecule has 3 heteroatoms. The Morgan fingerprint density at radius 1 is 2.00 bits per heavy atom. The van der Waals surface area contributed by atoms with Gasteiger partial charge in [-0.1, -0.05) is 0 Å². The van der Waals surface area contributed by atoms with E-state index in [-0.39, 0.29) is 0 Å². The zero-order valence-electron chi connectivity index (χ0n) is 4.01. The molecule has 7 heavy (non-hydrogen) atoms. The fourth-order valence-electron chi connectivity index (χ4n) is 0.151. The normalized spacial score (nSPS) is 10.6. The van der Waals surface area contributed by atoms with Gasteiger partial charge in [0.05, 0.1) is 0 Å². The second kappa shape index (κ2) is 3.57. The third-order valence-electron chi connectivity index (χ3n) is 0.481. The van der Waals surface area contributed by atoms with Crippen LogP contribution in [0.2, 0.25) is 0 Å². The van der Waals surface area contributed by atoms with E-state index >= 15 is 0 Å². The van der Waals surface area contributed by atoms with Crippen molar-refractivity contribution in [2.24, 2.45) is 5.73 Å². The molecule has 0 radical (unpaired) electrons. The van der Waals surface area contributed by atoms with Gasteiger partial charge in [-0.25, -0.2) is 0 Å². The van der Waals surface area contributed by atoms with E-state index in [0.717, 1.165) is 0 Å². The Bertz CT molecular complexity index is 111. The summed E-state index contributed by atoms with van der Waals surface area (Å²) in [6, 6.07) is 1.90. The molecular formula is C4H6N2S. The van der Waals surface area contributed by atoms with Gasteiger partial charge in [-0.2, -0.15) is 5.26 Å². The molecule has 0 amide bonds. The molecule has 0 atom stereocenters. The summed E-state index contributed by atoms with van der Waals surface area (Å²) in [6.45, 7) is 0. The first-order valence-electron chi connectivity index (χ1n) is 1.71. The monoisotopic (exact) mass is 114 g/mol. The van der Waals surface area contributed by atoms with Gasteiger partial charge in [0.15, 0.2) is 0 Å². The largest absolute Gasteiger partial charge is 0.403 e. The summed E-state index contributed by atoms with van der Waals surface area (Å²) in [5.41, 5.74) is 4.99. The molecule has 2 nitrogen and oxygen atoms in total. The fraction of sp³-hybridized carbons (Fsp3) is 0.250. The van der Waals surface area contributed by atoms with Crippen molar-refractivity contribution in [3.8, 4) is 6.07 Å². The van der Waals surface area contributed by atoms with E-state index in [4.69, 9.17) is 11.0 Å². The van der Waals surface area contributed by atoms with E-state index in [1.807, 2.05) is 12.3 Å². The van der Waals surface area contributed by atoms with Crippen LogP contribution in [0.25, 0.3) is 0 Å². The second-order valence-corrected chi connectivity index (χ2v) is 1.69. The first-order valence-corrected chi connectivity index (χ1v) is 2.93. The molecule has 0 rings (SSSR count). The van der Waals surface area contributed by atoms with Gasteiger partial charge in [-0.05, 0) is 6.26 Å². The molecule has 0 aromatic carbocycles. The maximum atomic E-state index is 8.11. The van der Waals surface area contributed by atoms with Gasteiger partial charge in [0, 0.05) is 6.20 Å². The number of nitrogens with zero attached hydrogens (tertiary/aromatic N) is 1. The first kappa shape index (κ1) is 6.38. The summed E-state index contributed by atoms with van der Waals surface area (Å²) in [5.74, 6) is 0. The van der Waals surface area contributed by atoms with Crippen LogP contribution in [0.5, 0.6) is 0 Å². The van der Waals surface area contributed by atoms with Crippen LogP contribution in [0.3, 0.4) is 0 Å². The smallest absolute Gasteiger partial charge is 0.108 e. The maximum absolute atomic E-state index is 8.11. The molecule has 0 aromatic rings. The summed E-state index contributed by atoms with van der Waals surface area (Å²) >= 11 is 1.34. The minimum Gasteiger partial charge on any atom is -0.403 e. The number of allylic oxidation sites excluding steroid dienone is 1. The van der Waals surface area contributed by atoms with Crippen LogP contribution < -0.4 is 5.73 Å². The molecule has 0 saturated carbocycles. The average molecular weight is 114 g/mol. The van der Waals surface area contributed by atoms with Gasteiger partial charge in [-0.3, -0.25) is 0 Å². The number of hydrogen-bond acceptors (Lipinski definition) is 3. The van der Waals surface area contributed by atoms with Gasteiger partial charge in [-0.15, -0.1) is 11.8 Å². The molecule has 0 aliphatic heterocycles. The van der Waals surface area contributed by atoms with Crippen LogP contribution in [0.4, 0.5) is 0 Å². The summed E-state index contributed by atoms with van der Waals surface area (Å²) < 4.78 is 0. The highest BCUT2D eigenvalue weighted by molar-refractivity contribution is 8.02. The average Bonchev–Trinajstić information content (AvgIpc) is 1.72. The van der Waals surface area contributed by atoms with Crippen molar-refractivity contribution in [2.45, 2.75) is 0 Å². The predicted molar refractivity (Wildman–Crippen MR) is 31.4 cm³/mol. The highest BCUT2D eigenvalue weighted by Gasteiger charge is 1.83. The van der Waals surface area contributed by atoms with Gasteiger partial charge >= 0.3 is 0 Å². The number of hydrogen-bond donors (Lipinski definition) is 1. The van der Waals surface area contributed by atoms with Crippen molar-refractivity contribution in [3.05, 3.63) is 11.1 Å². The van der Waals surface area contributed by atoms with Crippen molar-refractivity contribution < 1.29 is 0 Å². The topological polar surface area (TPSA) is 49.8 Å². The van der Waals surface area contributed by atoms with Gasteiger partial charge < -0.3 is 5.73 Å². The number of nitriles is 1. The summed E-state index contributed by atoms with van der Waals surface area (Å²) in [5, 5.41) is 8.11. The molecule has 0 bridgehead atoms. The minimum atomic E-state index is 0.556. The van der Waals surface area contributed by atoms with E-state index in [9.17, 15) is 0 Å². The van der Waals surface area contributed by atoms with Crippen molar-refractivity contribution in [1.82, 2.24) is 0 Å². The van der Waals surface area contributed by atoms with Crippen LogP contribution in [0.15, 0.2) is 11.1 Å². The Labute approximate surface area is 47.0 Å². The van der Waals surface area contributed by atoms with Gasteiger partial charge in [0.2, 0.25) is 0 Å². The van der Waals surface area contributed by atoms with Crippen LogP contribution in [-0.2, 0) is 0 Å². The van der Waals surface area contributed by atoms with E-state index in [1.165, 1.54) is 18.0 Å². The Morgan fingerprint density at radius 3 is 2.57 bits per heavy atom. The van der Waals surface area contributed by atoms with Crippen LogP contribution in [-0.4, -0.2) is 6.26 Å². The fourth-order valence-corrected chi connectivity index (χ4v) is 0.378. The Morgan fingerprint density at radius 2 is 2.57 bits per heavy atom. The lowest BCUT2D eigenvalue weighted by Gasteiger charge is -1.81. The van der Waals surface area contributed by atoms with E-state index < -0.39 is 0 Å². The van der Waals surface area contributed by atoms with Gasteiger partial charge in [0.1, 0.15) is 11.0 Å². The molecule has 0 saturated heterocycles. The van der Waals surface area contributed by atoms with E-state index in [2.05, 4.69) is 0 Å². The number of rotatable bonds is 1. The van der Waals surface area contributed by atoms with Crippen molar-refractivity contribution in [3.63, 3.8) is 0 Å². The maximum Gasteiger partial charge on any atom is 0.108 e. The van der Waals surface area contributed by atoms with Crippen molar-refractivity contribution >= 4 is 11.8 Å². The van der Waals surface area contributed by atoms with Crippen LogP contribution in [0.1, 0.15) is 0 Å². The third-order valence-corrected chi connectivity index (χ3v) is 1.15. The highest BCUT2D eigenvalue weighted by atomic mass is 32.2. The highest BCUT2D eigenvalue weighted by Crippen LogP contribution is 2.05. The first-order chi connectivity index (χ1) is 3.35. The number of nitrogens with two attached hydrogens (primary N) is 1. The predicted octanol–water partition coefficient (Wildman–Crippen LogP) is 0.673. The minimum absolute atomic E-state index is 0.556. The van der Waals surface area contributed by atoms with Gasteiger partial charge in [0.25, 0.3) is 0 Å². The van der Waals surface area contributed by atoms with E-state index in [0.29, 0.717) is 4.91 Å². The van der Waals surface area contributed by atoms with Crippen LogP contribution in [0, 0.1) is 11.3 Å². The summed E-state index contributed by atoms with van der Waals surface area (Å²) in [4.78, 5) is 0.556. The lowest BCUT2D eigenvalue weighted by molar-refractivity contribution is 1.50. The Balaban J connectivity index is 3.68. The standard InChI is InChI=1S/C4H6N2S/c1-7-4(2-5)3-6/h2H,5H2,1H3. The number of thioether (sulfide) groups is 1. The molecule has 0 aliphatic carbocycles. The zero-order valence-corrected chi connectivity index (χ0v) is 4.83. The molecule has 0 spiro atoms. The van der Waals surface area contributed by atoms with E-state index in [1.54, 1.807) is 0 Å². The lowest BCUT2D eigenvalue weighted by Crippen LogP contribution is -1.79. The SMILES string of the molecule is CSC(C#N)=CN. The molecule has 2 N–H and O–H groups in total. The third kappa shape index (κ3) is 2.12. The molecular weight excluding hydrogens is 108 g/mol. The molecule has 0 heterocycles. The Kier molecular flexibility index (Phi) is 3.25. The second-order valence-electron chi connectivity index (χ2n) is 0.847. The molecule has 0 aromatic heterocycles. The molecule has 0 fully saturated rings. The quantitative estimate of drug-likeness (QED) is 0.510. The van der Waals surface area contributed by atoms with Crippen LogP contribution >= 0.6 is 11.8 Å². The summed E-state index contributed by atoms with van der Waals surface area (Å²) in [6.07, 6.45) is 3.10. The zero-order chi connectivity index (χ0) is 5.70. The molecule has 0 aliphatic rings.